The summed E-state index contributed by atoms with van der Waals surface area (Å²) in [4.78, 5) is 23.4. The number of ketones is 1. The zero-order chi connectivity index (χ0) is 11.8. The molecule has 1 amide bonds. The van der Waals surface area contributed by atoms with Crippen LogP contribution in [0.3, 0.4) is 0 Å². The molecule has 4 heteroatoms. The third-order valence-corrected chi connectivity index (χ3v) is 3.45. The molecule has 2 aliphatic heterocycles. The summed E-state index contributed by atoms with van der Waals surface area (Å²) < 4.78 is 0. The SMILES string of the molecule is O=C1Cc2cc(C(=O)C3CCNC3)ccc2N1. The molecule has 1 atom stereocenters. The molecule has 0 spiro atoms. The number of Topliss-reactive ketones (excluding diaryl/α,β-unsaturated/α-hetero) is 1. The summed E-state index contributed by atoms with van der Waals surface area (Å²) in [6.07, 6.45) is 1.30. The van der Waals surface area contributed by atoms with Gasteiger partial charge in [0.2, 0.25) is 5.91 Å². The predicted molar refractivity (Wildman–Crippen MR) is 64.1 cm³/mol. The first-order chi connectivity index (χ1) is 8.24. The third kappa shape index (κ3) is 1.85. The Bertz CT molecular complexity index is 490. The van der Waals surface area contributed by atoms with Gasteiger partial charge < -0.3 is 10.6 Å². The molecule has 0 bridgehead atoms. The van der Waals surface area contributed by atoms with E-state index in [1.807, 2.05) is 18.2 Å². The lowest BCUT2D eigenvalue weighted by Gasteiger charge is -2.08. The van der Waals surface area contributed by atoms with Crippen LogP contribution in [0.5, 0.6) is 0 Å². The summed E-state index contributed by atoms with van der Waals surface area (Å²) in [5.41, 5.74) is 2.51. The van der Waals surface area contributed by atoms with Crippen LogP contribution >= 0.6 is 0 Å². The van der Waals surface area contributed by atoms with Gasteiger partial charge in [-0.05, 0) is 36.7 Å². The first-order valence-electron chi connectivity index (χ1n) is 5.92. The van der Waals surface area contributed by atoms with E-state index in [1.165, 1.54) is 0 Å². The Labute approximate surface area is 99.4 Å². The molecule has 0 radical (unpaired) electrons. The summed E-state index contributed by atoms with van der Waals surface area (Å²) in [6.45, 7) is 1.69. The summed E-state index contributed by atoms with van der Waals surface area (Å²) in [7, 11) is 0. The molecule has 2 aliphatic rings. The van der Waals surface area contributed by atoms with Crippen molar-refractivity contribution in [3.8, 4) is 0 Å². The van der Waals surface area contributed by atoms with Gasteiger partial charge in [0.25, 0.3) is 0 Å². The first kappa shape index (κ1) is 10.5. The maximum atomic E-state index is 12.2. The smallest absolute Gasteiger partial charge is 0.228 e. The van der Waals surface area contributed by atoms with Gasteiger partial charge in [-0.3, -0.25) is 9.59 Å². The fourth-order valence-corrected chi connectivity index (χ4v) is 2.50. The molecular formula is C13H14N2O2. The molecule has 4 nitrogen and oxygen atoms in total. The van der Waals surface area contributed by atoms with Crippen LogP contribution in [0.4, 0.5) is 5.69 Å². The van der Waals surface area contributed by atoms with Gasteiger partial charge in [0.05, 0.1) is 6.42 Å². The lowest BCUT2D eigenvalue weighted by molar-refractivity contribution is -0.115. The molecule has 1 fully saturated rings. The van der Waals surface area contributed by atoms with Crippen molar-refractivity contribution in [2.75, 3.05) is 18.4 Å². The standard InChI is InChI=1S/C13H14N2O2/c16-12-6-10-5-8(1-2-11(10)15-12)13(17)9-3-4-14-7-9/h1-2,5,9,14H,3-4,6-7H2,(H,15,16). The number of amides is 1. The van der Waals surface area contributed by atoms with Crippen LogP contribution < -0.4 is 10.6 Å². The monoisotopic (exact) mass is 230 g/mol. The van der Waals surface area contributed by atoms with E-state index in [1.54, 1.807) is 0 Å². The fourth-order valence-electron chi connectivity index (χ4n) is 2.50. The average molecular weight is 230 g/mol. The lowest BCUT2D eigenvalue weighted by Crippen LogP contribution is -2.17. The highest BCUT2D eigenvalue weighted by molar-refractivity contribution is 6.03. The molecule has 2 N–H and O–H groups in total. The number of carbonyl (C=O) groups excluding carboxylic acids is 2. The van der Waals surface area contributed by atoms with E-state index in [0.717, 1.165) is 36.3 Å². The Balaban J connectivity index is 1.87. The Morgan fingerprint density at radius 1 is 1.35 bits per heavy atom. The van der Waals surface area contributed by atoms with Gasteiger partial charge in [-0.1, -0.05) is 0 Å². The zero-order valence-corrected chi connectivity index (χ0v) is 9.45. The van der Waals surface area contributed by atoms with Crippen molar-refractivity contribution in [1.29, 1.82) is 0 Å². The molecule has 0 saturated carbocycles. The van der Waals surface area contributed by atoms with Crippen molar-refractivity contribution in [3.63, 3.8) is 0 Å². The Morgan fingerprint density at radius 2 is 2.24 bits per heavy atom. The minimum Gasteiger partial charge on any atom is -0.326 e. The van der Waals surface area contributed by atoms with Crippen LogP contribution in [0, 0.1) is 5.92 Å². The summed E-state index contributed by atoms with van der Waals surface area (Å²) in [5, 5.41) is 5.97. The van der Waals surface area contributed by atoms with Crippen LogP contribution in [0.15, 0.2) is 18.2 Å². The van der Waals surface area contributed by atoms with E-state index >= 15 is 0 Å². The molecule has 0 aromatic heterocycles. The van der Waals surface area contributed by atoms with Crippen molar-refractivity contribution < 1.29 is 9.59 Å². The number of carbonyl (C=O) groups is 2. The molecule has 1 aromatic carbocycles. The van der Waals surface area contributed by atoms with Crippen molar-refractivity contribution >= 4 is 17.4 Å². The molecular weight excluding hydrogens is 216 g/mol. The maximum absolute atomic E-state index is 12.2. The van der Waals surface area contributed by atoms with Gasteiger partial charge in [-0.2, -0.15) is 0 Å². The normalized spacial score (nSPS) is 22.4. The average Bonchev–Trinajstić information content (AvgIpc) is 2.94. The Kier molecular flexibility index (Phi) is 2.44. The number of fused-ring (bicyclic) bond motifs is 1. The molecule has 0 aliphatic carbocycles. The van der Waals surface area contributed by atoms with Gasteiger partial charge in [0.15, 0.2) is 5.78 Å². The largest absolute Gasteiger partial charge is 0.326 e. The number of anilines is 1. The molecule has 1 aromatic rings. The number of hydrogen-bond acceptors (Lipinski definition) is 3. The van der Waals surface area contributed by atoms with Crippen molar-refractivity contribution in [1.82, 2.24) is 5.32 Å². The van der Waals surface area contributed by atoms with E-state index < -0.39 is 0 Å². The number of hydrogen-bond donors (Lipinski definition) is 2. The molecule has 1 unspecified atom stereocenters. The molecule has 2 heterocycles. The highest BCUT2D eigenvalue weighted by atomic mass is 16.1. The van der Waals surface area contributed by atoms with E-state index in [0.29, 0.717) is 6.42 Å². The van der Waals surface area contributed by atoms with Crippen LogP contribution in [0.1, 0.15) is 22.3 Å². The quantitative estimate of drug-likeness (QED) is 0.744. The van der Waals surface area contributed by atoms with E-state index in [-0.39, 0.29) is 17.6 Å². The second-order valence-corrected chi connectivity index (χ2v) is 4.65. The van der Waals surface area contributed by atoms with Crippen molar-refractivity contribution in [3.05, 3.63) is 29.3 Å². The first-order valence-corrected chi connectivity index (χ1v) is 5.92. The van der Waals surface area contributed by atoms with Gasteiger partial charge in [0, 0.05) is 23.7 Å². The predicted octanol–water partition coefficient (Wildman–Crippen LogP) is 0.973. The Morgan fingerprint density at radius 3 is 3.00 bits per heavy atom. The lowest BCUT2D eigenvalue weighted by atomic mass is 9.95. The molecule has 1 saturated heterocycles. The van der Waals surface area contributed by atoms with E-state index in [4.69, 9.17) is 0 Å². The van der Waals surface area contributed by atoms with Crippen molar-refractivity contribution in [2.24, 2.45) is 5.92 Å². The topological polar surface area (TPSA) is 58.2 Å². The van der Waals surface area contributed by atoms with Crippen molar-refractivity contribution in [2.45, 2.75) is 12.8 Å². The van der Waals surface area contributed by atoms with Gasteiger partial charge in [0.1, 0.15) is 0 Å². The summed E-state index contributed by atoms with van der Waals surface area (Å²) >= 11 is 0. The van der Waals surface area contributed by atoms with Crippen LogP contribution in [-0.4, -0.2) is 24.8 Å². The van der Waals surface area contributed by atoms with E-state index in [2.05, 4.69) is 10.6 Å². The summed E-state index contributed by atoms with van der Waals surface area (Å²) in [6, 6.07) is 5.49. The number of rotatable bonds is 2. The van der Waals surface area contributed by atoms with Crippen LogP contribution in [-0.2, 0) is 11.2 Å². The second-order valence-electron chi connectivity index (χ2n) is 4.65. The Hall–Kier alpha value is -1.68. The number of nitrogens with one attached hydrogen (secondary N) is 2. The fraction of sp³-hybridized carbons (Fsp3) is 0.385. The van der Waals surface area contributed by atoms with Gasteiger partial charge >= 0.3 is 0 Å². The van der Waals surface area contributed by atoms with Gasteiger partial charge in [-0.15, -0.1) is 0 Å². The minimum atomic E-state index is 0.00660. The maximum Gasteiger partial charge on any atom is 0.228 e. The summed E-state index contributed by atoms with van der Waals surface area (Å²) in [5.74, 6) is 0.294. The highest BCUT2D eigenvalue weighted by Gasteiger charge is 2.25. The number of benzene rings is 1. The van der Waals surface area contributed by atoms with E-state index in [9.17, 15) is 9.59 Å². The molecule has 17 heavy (non-hydrogen) atoms. The third-order valence-electron chi connectivity index (χ3n) is 3.45. The minimum absolute atomic E-state index is 0.00660. The zero-order valence-electron chi connectivity index (χ0n) is 9.45. The van der Waals surface area contributed by atoms with Crippen LogP contribution in [0.2, 0.25) is 0 Å². The van der Waals surface area contributed by atoms with Crippen LogP contribution in [0.25, 0.3) is 0 Å². The molecule has 3 rings (SSSR count). The van der Waals surface area contributed by atoms with Gasteiger partial charge in [-0.25, -0.2) is 0 Å². The molecule has 88 valence electrons. The highest BCUT2D eigenvalue weighted by Crippen LogP contribution is 2.25. The second kappa shape index (κ2) is 3.96.